The normalized spacial score (nSPS) is 58.2. The Morgan fingerprint density at radius 3 is 2.77 bits per heavy atom. The van der Waals surface area contributed by atoms with E-state index in [1.54, 1.807) is 5.57 Å². The lowest BCUT2D eigenvalue weighted by atomic mass is 9.55. The first-order valence-corrected chi connectivity index (χ1v) is 5.36. The van der Waals surface area contributed by atoms with Crippen LogP contribution in [0.15, 0.2) is 11.6 Å². The molecule has 2 fully saturated rings. The van der Waals surface area contributed by atoms with Gasteiger partial charge in [0.15, 0.2) is 0 Å². The molecule has 1 saturated carbocycles. The van der Waals surface area contributed by atoms with Gasteiger partial charge in [0, 0.05) is 11.3 Å². The van der Waals surface area contributed by atoms with Gasteiger partial charge in [0.05, 0.1) is 12.2 Å². The quantitative estimate of drug-likeness (QED) is 0.518. The van der Waals surface area contributed by atoms with Gasteiger partial charge in [-0.25, -0.2) is 0 Å². The molecule has 1 nitrogen and oxygen atoms in total. The summed E-state index contributed by atoms with van der Waals surface area (Å²) in [6.07, 6.45) is 5.11. The molecule has 1 saturated heterocycles. The van der Waals surface area contributed by atoms with Gasteiger partial charge in [0.2, 0.25) is 0 Å². The maximum atomic E-state index is 6.01. The highest BCUT2D eigenvalue weighted by atomic mass is 16.5. The molecule has 1 heterocycles. The fourth-order valence-corrected chi connectivity index (χ4v) is 3.84. The Kier molecular flexibility index (Phi) is 1.26. The molecule has 4 rings (SSSR count). The fraction of sp³-hybridized carbons (Fsp3) is 0.833. The van der Waals surface area contributed by atoms with Crippen LogP contribution in [0.1, 0.15) is 33.6 Å². The van der Waals surface area contributed by atoms with Gasteiger partial charge in [-0.2, -0.15) is 0 Å². The van der Waals surface area contributed by atoms with Crippen LogP contribution in [-0.4, -0.2) is 12.2 Å². The van der Waals surface area contributed by atoms with E-state index in [1.807, 2.05) is 0 Å². The maximum absolute atomic E-state index is 6.01. The van der Waals surface area contributed by atoms with Crippen molar-refractivity contribution in [1.82, 2.24) is 0 Å². The zero-order chi connectivity index (χ0) is 9.27. The van der Waals surface area contributed by atoms with Crippen molar-refractivity contribution in [2.24, 2.45) is 17.3 Å². The van der Waals surface area contributed by atoms with Gasteiger partial charge in [-0.3, -0.25) is 0 Å². The minimum absolute atomic E-state index is 0.178. The second-order valence-corrected chi connectivity index (χ2v) is 5.75. The van der Waals surface area contributed by atoms with Crippen LogP contribution in [-0.2, 0) is 4.74 Å². The molecule has 4 atom stereocenters. The van der Waals surface area contributed by atoms with Crippen molar-refractivity contribution >= 4 is 0 Å². The third kappa shape index (κ3) is 0.817. The Labute approximate surface area is 80.2 Å². The molecule has 0 spiro atoms. The van der Waals surface area contributed by atoms with E-state index < -0.39 is 0 Å². The zero-order valence-electron chi connectivity index (χ0n) is 8.76. The van der Waals surface area contributed by atoms with Crippen molar-refractivity contribution in [3.05, 3.63) is 11.6 Å². The van der Waals surface area contributed by atoms with Gasteiger partial charge >= 0.3 is 0 Å². The third-order valence-electron chi connectivity index (χ3n) is 4.58. The molecular formula is C12H18O. The van der Waals surface area contributed by atoms with E-state index in [1.165, 1.54) is 12.8 Å². The summed E-state index contributed by atoms with van der Waals surface area (Å²) < 4.78 is 6.01. The first-order valence-electron chi connectivity index (χ1n) is 5.36. The van der Waals surface area contributed by atoms with Crippen molar-refractivity contribution in [1.29, 1.82) is 0 Å². The molecule has 1 heteroatoms. The molecule has 0 amide bonds. The summed E-state index contributed by atoms with van der Waals surface area (Å²) in [5.41, 5.74) is 2.25. The van der Waals surface area contributed by atoms with Crippen molar-refractivity contribution in [2.75, 3.05) is 6.61 Å². The minimum Gasteiger partial charge on any atom is -0.374 e. The molecule has 1 aliphatic heterocycles. The maximum Gasteiger partial charge on any atom is 0.0728 e. The Hall–Kier alpha value is -0.300. The first kappa shape index (κ1) is 8.05. The van der Waals surface area contributed by atoms with E-state index >= 15 is 0 Å². The molecule has 0 aromatic rings. The summed E-state index contributed by atoms with van der Waals surface area (Å²) in [4.78, 5) is 0. The molecular weight excluding hydrogens is 160 g/mol. The topological polar surface area (TPSA) is 9.23 Å². The summed E-state index contributed by atoms with van der Waals surface area (Å²) in [5.74, 6) is 1.49. The number of allylic oxidation sites excluding steroid dienone is 1. The molecule has 0 N–H and O–H groups in total. The lowest BCUT2D eigenvalue weighted by Crippen LogP contribution is -2.47. The van der Waals surface area contributed by atoms with Gasteiger partial charge in [0.25, 0.3) is 0 Å². The van der Waals surface area contributed by atoms with E-state index in [2.05, 4.69) is 26.8 Å². The lowest BCUT2D eigenvalue weighted by Gasteiger charge is -2.49. The van der Waals surface area contributed by atoms with Crippen LogP contribution >= 0.6 is 0 Å². The molecule has 0 radical (unpaired) electrons. The van der Waals surface area contributed by atoms with Crippen LogP contribution in [0.5, 0.6) is 0 Å². The summed E-state index contributed by atoms with van der Waals surface area (Å²) in [7, 11) is 0. The monoisotopic (exact) mass is 178 g/mol. The molecule has 4 aliphatic rings. The number of hydrogen-bond donors (Lipinski definition) is 0. The highest BCUT2D eigenvalue weighted by Crippen LogP contribution is 2.61. The minimum atomic E-state index is 0.178. The standard InChI is InChI=1S/C12H18O/c1-8-4-10-11(2)5-9(8)6-12(10,3)13-7-11/h4,9-10H,5-7H2,1-3H3/t9-,10+,11+,12+/m1/s1. The molecule has 3 aliphatic carbocycles. The summed E-state index contributed by atoms with van der Waals surface area (Å²) in [6.45, 7) is 7.98. The van der Waals surface area contributed by atoms with Gasteiger partial charge in [-0.05, 0) is 32.6 Å². The van der Waals surface area contributed by atoms with E-state index in [4.69, 9.17) is 4.74 Å². The van der Waals surface area contributed by atoms with Crippen LogP contribution < -0.4 is 0 Å². The summed E-state index contributed by atoms with van der Waals surface area (Å²) in [5, 5.41) is 0. The molecule has 0 aromatic carbocycles. The Balaban J connectivity index is 2.14. The van der Waals surface area contributed by atoms with Crippen molar-refractivity contribution in [3.63, 3.8) is 0 Å². The number of ether oxygens (including phenoxy) is 1. The lowest BCUT2D eigenvalue weighted by molar-refractivity contribution is -0.0221. The molecule has 13 heavy (non-hydrogen) atoms. The van der Waals surface area contributed by atoms with Gasteiger partial charge < -0.3 is 4.74 Å². The van der Waals surface area contributed by atoms with Crippen molar-refractivity contribution in [3.8, 4) is 0 Å². The molecule has 0 aromatic heterocycles. The average Bonchev–Trinajstić information content (AvgIpc) is 2.25. The largest absolute Gasteiger partial charge is 0.374 e. The summed E-state index contributed by atoms with van der Waals surface area (Å²) in [6, 6.07) is 0. The predicted octanol–water partition coefficient (Wildman–Crippen LogP) is 2.77. The third-order valence-corrected chi connectivity index (χ3v) is 4.58. The average molecular weight is 178 g/mol. The van der Waals surface area contributed by atoms with E-state index in [-0.39, 0.29) is 5.60 Å². The second kappa shape index (κ2) is 2.03. The zero-order valence-corrected chi connectivity index (χ0v) is 8.76. The molecule has 0 unspecified atom stereocenters. The Bertz CT molecular complexity index is 273. The summed E-state index contributed by atoms with van der Waals surface area (Å²) >= 11 is 0. The highest BCUT2D eigenvalue weighted by molar-refractivity contribution is 5.26. The Morgan fingerprint density at radius 2 is 2.15 bits per heavy atom. The Morgan fingerprint density at radius 1 is 1.38 bits per heavy atom. The van der Waals surface area contributed by atoms with Crippen LogP contribution in [0, 0.1) is 17.3 Å². The highest BCUT2D eigenvalue weighted by Gasteiger charge is 2.59. The second-order valence-electron chi connectivity index (χ2n) is 5.75. The van der Waals surface area contributed by atoms with E-state index in [0.29, 0.717) is 11.3 Å². The van der Waals surface area contributed by atoms with Crippen molar-refractivity contribution in [2.45, 2.75) is 39.2 Å². The SMILES string of the molecule is CC1=C[C@H]2[C@]3(C)CO[C@@]2(C)C[C@H]1C3. The van der Waals surface area contributed by atoms with Gasteiger partial charge in [-0.15, -0.1) is 0 Å². The number of rotatable bonds is 0. The van der Waals surface area contributed by atoms with Crippen LogP contribution in [0.4, 0.5) is 0 Å². The van der Waals surface area contributed by atoms with Crippen LogP contribution in [0.2, 0.25) is 0 Å². The smallest absolute Gasteiger partial charge is 0.0728 e. The van der Waals surface area contributed by atoms with E-state index in [0.717, 1.165) is 12.5 Å². The van der Waals surface area contributed by atoms with Gasteiger partial charge in [0.1, 0.15) is 0 Å². The van der Waals surface area contributed by atoms with Crippen LogP contribution in [0.25, 0.3) is 0 Å². The first-order chi connectivity index (χ1) is 6.04. The van der Waals surface area contributed by atoms with Crippen LogP contribution in [0.3, 0.4) is 0 Å². The van der Waals surface area contributed by atoms with E-state index in [9.17, 15) is 0 Å². The number of hydrogen-bond acceptors (Lipinski definition) is 1. The van der Waals surface area contributed by atoms with Crippen molar-refractivity contribution < 1.29 is 4.74 Å². The molecule has 72 valence electrons. The molecule has 4 bridgehead atoms. The van der Waals surface area contributed by atoms with Gasteiger partial charge in [-0.1, -0.05) is 18.6 Å². The fourth-order valence-electron chi connectivity index (χ4n) is 3.84. The predicted molar refractivity (Wildman–Crippen MR) is 52.4 cm³/mol.